The van der Waals surface area contributed by atoms with Gasteiger partial charge in [0.05, 0.1) is 23.9 Å². The van der Waals surface area contributed by atoms with E-state index in [2.05, 4.69) is 41.1 Å². The monoisotopic (exact) mass is 540 g/mol. The van der Waals surface area contributed by atoms with Crippen molar-refractivity contribution in [1.82, 2.24) is 14.5 Å². The van der Waals surface area contributed by atoms with Gasteiger partial charge >= 0.3 is 0 Å². The smallest absolute Gasteiger partial charge is 0.277 e. The number of hydrogen-bond acceptors (Lipinski definition) is 9. The molecule has 0 N–H and O–H groups in total. The Morgan fingerprint density at radius 2 is 1.86 bits per heavy atom. The van der Waals surface area contributed by atoms with Crippen LogP contribution in [0.5, 0.6) is 0 Å². The molecule has 0 atom stereocenters. The Balaban J connectivity index is 1.27. The van der Waals surface area contributed by atoms with Gasteiger partial charge in [0, 0.05) is 48.6 Å². The number of fused-ring (bicyclic) bond motifs is 1. The third kappa shape index (κ3) is 4.96. The number of ketones is 1. The van der Waals surface area contributed by atoms with Crippen molar-refractivity contribution in [3.05, 3.63) is 65.9 Å². The van der Waals surface area contributed by atoms with E-state index in [0.717, 1.165) is 23.1 Å². The SMILES string of the molecule is CN1C(=CC(=O)CSc2nnc(-c3cccc(S(=O)(=O)N4CCOCC4)c3)o2)C(C)(C)c2ccccc21. The second kappa shape index (κ2) is 10.1. The van der Waals surface area contributed by atoms with Crippen LogP contribution in [0.25, 0.3) is 11.5 Å². The molecule has 37 heavy (non-hydrogen) atoms. The molecule has 11 heteroatoms. The average molecular weight is 541 g/mol. The summed E-state index contributed by atoms with van der Waals surface area (Å²) in [4.78, 5) is 15.1. The average Bonchev–Trinajstić information content (AvgIpc) is 3.46. The van der Waals surface area contributed by atoms with Gasteiger partial charge in [0.2, 0.25) is 15.9 Å². The summed E-state index contributed by atoms with van der Waals surface area (Å²) in [6.07, 6.45) is 1.68. The van der Waals surface area contributed by atoms with E-state index in [-0.39, 0.29) is 33.0 Å². The number of sulfonamides is 1. The van der Waals surface area contributed by atoms with Crippen molar-refractivity contribution in [2.75, 3.05) is 44.0 Å². The molecule has 0 unspecified atom stereocenters. The number of carbonyl (C=O) groups excluding carboxylic acids is 1. The minimum absolute atomic E-state index is 0.0638. The molecule has 3 heterocycles. The number of benzene rings is 2. The number of allylic oxidation sites excluding steroid dienone is 2. The van der Waals surface area contributed by atoms with E-state index >= 15 is 0 Å². The molecule has 194 valence electrons. The lowest BCUT2D eigenvalue weighted by Crippen LogP contribution is -2.40. The van der Waals surface area contributed by atoms with E-state index in [0.29, 0.717) is 31.9 Å². The fourth-order valence-electron chi connectivity index (χ4n) is 4.70. The zero-order valence-corrected chi connectivity index (χ0v) is 22.5. The van der Waals surface area contributed by atoms with E-state index in [1.165, 1.54) is 15.9 Å². The van der Waals surface area contributed by atoms with Gasteiger partial charge in [-0.1, -0.05) is 49.9 Å². The van der Waals surface area contributed by atoms with Crippen LogP contribution in [0.2, 0.25) is 0 Å². The van der Waals surface area contributed by atoms with Gasteiger partial charge in [-0.25, -0.2) is 8.42 Å². The van der Waals surface area contributed by atoms with Crippen LogP contribution >= 0.6 is 11.8 Å². The molecule has 1 fully saturated rings. The van der Waals surface area contributed by atoms with Crippen molar-refractivity contribution < 1.29 is 22.4 Å². The maximum atomic E-state index is 13.0. The molecule has 2 aromatic carbocycles. The van der Waals surface area contributed by atoms with E-state index < -0.39 is 10.0 Å². The topological polar surface area (TPSA) is 106 Å². The number of rotatable bonds is 7. The molecule has 1 saturated heterocycles. The summed E-state index contributed by atoms with van der Waals surface area (Å²) in [7, 11) is -1.68. The summed E-state index contributed by atoms with van der Waals surface area (Å²) in [5.41, 5.74) is 3.43. The Morgan fingerprint density at radius 3 is 2.62 bits per heavy atom. The van der Waals surface area contributed by atoms with Crippen LogP contribution in [0.4, 0.5) is 5.69 Å². The highest BCUT2D eigenvalue weighted by molar-refractivity contribution is 7.99. The Hall–Kier alpha value is -2.99. The van der Waals surface area contributed by atoms with Crippen LogP contribution in [0.1, 0.15) is 19.4 Å². The van der Waals surface area contributed by atoms with E-state index in [4.69, 9.17) is 9.15 Å². The van der Waals surface area contributed by atoms with Crippen LogP contribution in [0, 0.1) is 0 Å². The second-order valence-corrected chi connectivity index (χ2v) is 12.3. The number of nitrogens with zero attached hydrogens (tertiary/aromatic N) is 4. The maximum absolute atomic E-state index is 13.0. The van der Waals surface area contributed by atoms with E-state index in [9.17, 15) is 13.2 Å². The summed E-state index contributed by atoms with van der Waals surface area (Å²) in [5.74, 6) is 0.266. The molecule has 0 bridgehead atoms. The Kier molecular flexibility index (Phi) is 6.97. The lowest BCUT2D eigenvalue weighted by atomic mass is 9.83. The van der Waals surface area contributed by atoms with Crippen molar-refractivity contribution in [2.45, 2.75) is 29.4 Å². The van der Waals surface area contributed by atoms with Crippen LogP contribution in [0.3, 0.4) is 0 Å². The molecule has 2 aliphatic rings. The van der Waals surface area contributed by atoms with Crippen LogP contribution < -0.4 is 4.90 Å². The maximum Gasteiger partial charge on any atom is 0.277 e. The highest BCUT2D eigenvalue weighted by Gasteiger charge is 2.38. The third-order valence-electron chi connectivity index (χ3n) is 6.67. The number of thioether (sulfide) groups is 1. The van der Waals surface area contributed by atoms with Crippen molar-refractivity contribution in [1.29, 1.82) is 0 Å². The number of morpholine rings is 1. The Labute approximate surface area is 220 Å². The van der Waals surface area contributed by atoms with Gasteiger partial charge in [-0.15, -0.1) is 10.2 Å². The fourth-order valence-corrected chi connectivity index (χ4v) is 6.74. The molecular formula is C26H28N4O5S2. The van der Waals surface area contributed by atoms with E-state index in [1.54, 1.807) is 24.3 Å². The molecule has 9 nitrogen and oxygen atoms in total. The predicted octanol–water partition coefficient (Wildman–Crippen LogP) is 3.73. The summed E-state index contributed by atoms with van der Waals surface area (Å²) in [6, 6.07) is 14.6. The molecule has 0 aliphatic carbocycles. The van der Waals surface area contributed by atoms with Gasteiger partial charge in [0.25, 0.3) is 5.22 Å². The van der Waals surface area contributed by atoms with Crippen molar-refractivity contribution in [2.24, 2.45) is 0 Å². The number of ether oxygens (including phenoxy) is 1. The van der Waals surface area contributed by atoms with Crippen LogP contribution in [0.15, 0.2) is 74.8 Å². The van der Waals surface area contributed by atoms with E-state index in [1.807, 2.05) is 19.2 Å². The molecule has 0 saturated carbocycles. The first-order chi connectivity index (χ1) is 17.7. The molecule has 0 amide bonds. The normalized spacial score (nSPS) is 18.8. The molecule has 2 aliphatic heterocycles. The first-order valence-corrected chi connectivity index (χ1v) is 14.3. The van der Waals surface area contributed by atoms with Crippen LogP contribution in [-0.4, -0.2) is 67.8 Å². The first-order valence-electron chi connectivity index (χ1n) is 11.9. The zero-order valence-electron chi connectivity index (χ0n) is 20.9. The number of carbonyl (C=O) groups is 1. The molecule has 5 rings (SSSR count). The van der Waals surface area contributed by atoms with Gasteiger partial charge in [-0.2, -0.15) is 4.31 Å². The number of anilines is 1. The number of likely N-dealkylation sites (N-methyl/N-ethyl adjacent to an activating group) is 1. The summed E-state index contributed by atoms with van der Waals surface area (Å²) in [5, 5.41) is 8.35. The van der Waals surface area contributed by atoms with Gasteiger partial charge in [-0.05, 0) is 29.8 Å². The minimum atomic E-state index is -3.65. The van der Waals surface area contributed by atoms with Gasteiger partial charge in [0.15, 0.2) is 5.78 Å². The molecule has 0 spiro atoms. The molecule has 1 aromatic heterocycles. The summed E-state index contributed by atoms with van der Waals surface area (Å²) >= 11 is 1.15. The second-order valence-electron chi connectivity index (χ2n) is 9.40. The first kappa shape index (κ1) is 25.7. The highest BCUT2D eigenvalue weighted by Crippen LogP contribution is 2.46. The Morgan fingerprint density at radius 1 is 1.11 bits per heavy atom. The molecule has 3 aromatic rings. The number of para-hydroxylation sites is 1. The van der Waals surface area contributed by atoms with Crippen molar-refractivity contribution >= 4 is 33.3 Å². The van der Waals surface area contributed by atoms with Gasteiger partial charge in [-0.3, -0.25) is 4.79 Å². The molecule has 0 radical (unpaired) electrons. The molecular weight excluding hydrogens is 512 g/mol. The lowest BCUT2D eigenvalue weighted by Gasteiger charge is -2.26. The number of aromatic nitrogens is 2. The summed E-state index contributed by atoms with van der Waals surface area (Å²) < 4.78 is 38.4. The highest BCUT2D eigenvalue weighted by atomic mass is 32.2. The van der Waals surface area contributed by atoms with Gasteiger partial charge < -0.3 is 14.1 Å². The Bertz CT molecular complexity index is 1460. The van der Waals surface area contributed by atoms with Crippen molar-refractivity contribution in [3.63, 3.8) is 0 Å². The van der Waals surface area contributed by atoms with Gasteiger partial charge in [0.1, 0.15) is 0 Å². The lowest BCUT2D eigenvalue weighted by molar-refractivity contribution is -0.112. The predicted molar refractivity (Wildman–Crippen MR) is 141 cm³/mol. The standard InChI is InChI=1S/C26H28N4O5S2/c1-26(2)21-9-4-5-10-22(21)29(3)23(26)16-19(31)17-36-25-28-27-24(35-25)18-7-6-8-20(15-18)37(32,33)30-11-13-34-14-12-30/h4-10,15-16H,11-14,17H2,1-3H3. The fraction of sp³-hybridized carbons (Fsp3) is 0.346. The zero-order chi connectivity index (χ0) is 26.2. The van der Waals surface area contributed by atoms with Crippen molar-refractivity contribution in [3.8, 4) is 11.5 Å². The summed E-state index contributed by atoms with van der Waals surface area (Å²) in [6.45, 7) is 5.60. The quantitative estimate of drug-likeness (QED) is 0.327. The van der Waals surface area contributed by atoms with Crippen LogP contribution in [-0.2, 0) is 25.0 Å². The number of hydrogen-bond donors (Lipinski definition) is 0. The minimum Gasteiger partial charge on any atom is -0.411 e. The largest absolute Gasteiger partial charge is 0.411 e. The third-order valence-corrected chi connectivity index (χ3v) is 9.41.